The highest BCUT2D eigenvalue weighted by Gasteiger charge is 2.17. The van der Waals surface area contributed by atoms with Gasteiger partial charge in [0.05, 0.1) is 23.7 Å². The van der Waals surface area contributed by atoms with E-state index in [4.69, 9.17) is 10.00 Å². The van der Waals surface area contributed by atoms with Crippen LogP contribution < -0.4 is 4.74 Å². The predicted octanol–water partition coefficient (Wildman–Crippen LogP) is 3.60. The van der Waals surface area contributed by atoms with Crippen molar-refractivity contribution in [3.05, 3.63) is 29.8 Å². The van der Waals surface area contributed by atoms with E-state index in [0.717, 1.165) is 0 Å². The standard InChI is InChI=1S/C15H19NO2/c1-4-13(17)12-7-5-6-8-14(12)18-10-9-15(2,3)11-16/h5-8H,4,9-10H2,1-3H3. The molecule has 18 heavy (non-hydrogen) atoms. The van der Waals surface area contributed by atoms with Crippen LogP contribution in [-0.2, 0) is 0 Å². The van der Waals surface area contributed by atoms with Gasteiger partial charge in [-0.15, -0.1) is 0 Å². The fraction of sp³-hybridized carbons (Fsp3) is 0.467. The van der Waals surface area contributed by atoms with Crippen LogP contribution in [0.2, 0.25) is 0 Å². The zero-order chi connectivity index (χ0) is 13.6. The largest absolute Gasteiger partial charge is 0.493 e. The Kier molecular flexibility index (Phi) is 4.91. The van der Waals surface area contributed by atoms with Crippen LogP contribution in [0.15, 0.2) is 24.3 Å². The van der Waals surface area contributed by atoms with Gasteiger partial charge in [0.15, 0.2) is 5.78 Å². The van der Waals surface area contributed by atoms with Crippen molar-refractivity contribution in [3.63, 3.8) is 0 Å². The Labute approximate surface area is 108 Å². The van der Waals surface area contributed by atoms with Gasteiger partial charge in [0.2, 0.25) is 0 Å². The fourth-order valence-corrected chi connectivity index (χ4v) is 1.49. The number of carbonyl (C=O) groups excluding carboxylic acids is 1. The second kappa shape index (κ2) is 6.20. The number of rotatable bonds is 6. The average molecular weight is 245 g/mol. The van der Waals surface area contributed by atoms with Crippen molar-refractivity contribution < 1.29 is 9.53 Å². The Morgan fingerprint density at radius 1 is 1.39 bits per heavy atom. The molecule has 0 fully saturated rings. The first kappa shape index (κ1) is 14.2. The first-order valence-corrected chi connectivity index (χ1v) is 6.16. The van der Waals surface area contributed by atoms with Crippen LogP contribution in [-0.4, -0.2) is 12.4 Å². The van der Waals surface area contributed by atoms with Crippen LogP contribution in [0.5, 0.6) is 5.75 Å². The molecule has 0 heterocycles. The first-order valence-electron chi connectivity index (χ1n) is 6.16. The summed E-state index contributed by atoms with van der Waals surface area (Å²) in [5.41, 5.74) is 0.221. The van der Waals surface area contributed by atoms with Crippen LogP contribution in [0.1, 0.15) is 44.0 Å². The lowest BCUT2D eigenvalue weighted by molar-refractivity contribution is 0.0984. The lowest BCUT2D eigenvalue weighted by atomic mass is 9.92. The maximum absolute atomic E-state index is 11.7. The third-order valence-electron chi connectivity index (χ3n) is 2.80. The molecule has 0 bridgehead atoms. The normalized spacial score (nSPS) is 10.8. The molecule has 0 aliphatic carbocycles. The Morgan fingerprint density at radius 2 is 2.06 bits per heavy atom. The molecule has 96 valence electrons. The molecular weight excluding hydrogens is 226 g/mol. The van der Waals surface area contributed by atoms with Crippen molar-refractivity contribution in [1.29, 1.82) is 5.26 Å². The third kappa shape index (κ3) is 3.89. The maximum atomic E-state index is 11.7. The van der Waals surface area contributed by atoms with Crippen molar-refractivity contribution in [2.75, 3.05) is 6.61 Å². The number of benzene rings is 1. The van der Waals surface area contributed by atoms with E-state index in [1.165, 1.54) is 0 Å². The van der Waals surface area contributed by atoms with E-state index in [1.807, 2.05) is 32.9 Å². The summed E-state index contributed by atoms with van der Waals surface area (Å²) in [7, 11) is 0. The minimum absolute atomic E-state index is 0.0742. The van der Waals surface area contributed by atoms with Gasteiger partial charge in [0.25, 0.3) is 0 Å². The second-order valence-electron chi connectivity index (χ2n) is 4.87. The molecule has 3 heteroatoms. The van der Waals surface area contributed by atoms with Gasteiger partial charge in [-0.25, -0.2) is 0 Å². The minimum Gasteiger partial charge on any atom is -0.493 e. The van der Waals surface area contributed by atoms with Gasteiger partial charge in [-0.05, 0) is 32.4 Å². The molecule has 0 saturated heterocycles. The van der Waals surface area contributed by atoms with E-state index in [9.17, 15) is 4.79 Å². The second-order valence-corrected chi connectivity index (χ2v) is 4.87. The fourth-order valence-electron chi connectivity index (χ4n) is 1.49. The topological polar surface area (TPSA) is 50.1 Å². The molecule has 0 radical (unpaired) electrons. The molecule has 0 unspecified atom stereocenters. The summed E-state index contributed by atoms with van der Waals surface area (Å²) < 4.78 is 5.63. The number of nitrogens with zero attached hydrogens (tertiary/aromatic N) is 1. The highest BCUT2D eigenvalue weighted by molar-refractivity contribution is 5.98. The number of para-hydroxylation sites is 1. The molecule has 1 aromatic rings. The monoisotopic (exact) mass is 245 g/mol. The summed E-state index contributed by atoms with van der Waals surface area (Å²) in [4.78, 5) is 11.7. The van der Waals surface area contributed by atoms with E-state index in [0.29, 0.717) is 30.8 Å². The van der Waals surface area contributed by atoms with Gasteiger partial charge in [0, 0.05) is 6.42 Å². The minimum atomic E-state index is -0.399. The lowest BCUT2D eigenvalue weighted by Crippen LogP contribution is -2.14. The summed E-state index contributed by atoms with van der Waals surface area (Å²) in [5.74, 6) is 0.684. The Hall–Kier alpha value is -1.82. The van der Waals surface area contributed by atoms with Crippen molar-refractivity contribution in [2.24, 2.45) is 5.41 Å². The van der Waals surface area contributed by atoms with Crippen LogP contribution in [0, 0.1) is 16.7 Å². The highest BCUT2D eigenvalue weighted by atomic mass is 16.5. The van der Waals surface area contributed by atoms with Gasteiger partial charge < -0.3 is 4.74 Å². The van der Waals surface area contributed by atoms with Gasteiger partial charge in [-0.2, -0.15) is 5.26 Å². The number of nitriles is 1. The quantitative estimate of drug-likeness (QED) is 0.719. The van der Waals surface area contributed by atoms with Crippen LogP contribution in [0.3, 0.4) is 0 Å². The van der Waals surface area contributed by atoms with Gasteiger partial charge in [-0.3, -0.25) is 4.79 Å². The van der Waals surface area contributed by atoms with Crippen molar-refractivity contribution in [2.45, 2.75) is 33.6 Å². The van der Waals surface area contributed by atoms with Crippen molar-refractivity contribution >= 4 is 5.78 Å². The van der Waals surface area contributed by atoms with Crippen LogP contribution in [0.4, 0.5) is 0 Å². The van der Waals surface area contributed by atoms with Gasteiger partial charge in [-0.1, -0.05) is 19.1 Å². The molecule has 0 spiro atoms. The smallest absolute Gasteiger partial charge is 0.166 e. The molecule has 0 amide bonds. The van der Waals surface area contributed by atoms with Gasteiger partial charge in [0.1, 0.15) is 5.75 Å². The number of carbonyl (C=O) groups is 1. The van der Waals surface area contributed by atoms with E-state index in [2.05, 4.69) is 6.07 Å². The molecule has 0 atom stereocenters. The summed E-state index contributed by atoms with van der Waals surface area (Å²) in [6, 6.07) is 9.47. The SMILES string of the molecule is CCC(=O)c1ccccc1OCCC(C)(C)C#N. The van der Waals surface area contributed by atoms with Crippen molar-refractivity contribution in [1.82, 2.24) is 0 Å². The summed E-state index contributed by atoms with van der Waals surface area (Å²) in [6.45, 7) is 6.02. The Morgan fingerprint density at radius 3 is 2.67 bits per heavy atom. The van der Waals surface area contributed by atoms with E-state index < -0.39 is 5.41 Å². The molecule has 0 aliphatic heterocycles. The molecule has 0 N–H and O–H groups in total. The maximum Gasteiger partial charge on any atom is 0.166 e. The average Bonchev–Trinajstić information content (AvgIpc) is 2.38. The molecule has 1 rings (SSSR count). The molecule has 3 nitrogen and oxygen atoms in total. The first-order chi connectivity index (χ1) is 8.50. The summed E-state index contributed by atoms with van der Waals surface area (Å²) in [5, 5.41) is 8.91. The van der Waals surface area contributed by atoms with E-state index >= 15 is 0 Å². The van der Waals surface area contributed by atoms with Crippen LogP contribution >= 0.6 is 0 Å². The number of ether oxygens (including phenoxy) is 1. The van der Waals surface area contributed by atoms with E-state index in [1.54, 1.807) is 12.1 Å². The molecule has 0 saturated carbocycles. The summed E-state index contributed by atoms with van der Waals surface area (Å²) in [6.07, 6.45) is 1.10. The Bertz CT molecular complexity index is 458. The number of hydrogen-bond acceptors (Lipinski definition) is 3. The highest BCUT2D eigenvalue weighted by Crippen LogP contribution is 2.23. The number of ketones is 1. The predicted molar refractivity (Wildman–Crippen MR) is 70.6 cm³/mol. The van der Waals surface area contributed by atoms with E-state index in [-0.39, 0.29) is 5.78 Å². The molecule has 1 aromatic carbocycles. The Balaban J connectivity index is 2.69. The lowest BCUT2D eigenvalue weighted by Gasteiger charge is -2.16. The molecular formula is C15H19NO2. The number of hydrogen-bond donors (Lipinski definition) is 0. The number of Topliss-reactive ketones (excluding diaryl/α,β-unsaturated/α-hetero) is 1. The zero-order valence-corrected chi connectivity index (χ0v) is 11.2. The van der Waals surface area contributed by atoms with Gasteiger partial charge >= 0.3 is 0 Å². The van der Waals surface area contributed by atoms with Crippen molar-refractivity contribution in [3.8, 4) is 11.8 Å². The third-order valence-corrected chi connectivity index (χ3v) is 2.80. The molecule has 0 aromatic heterocycles. The zero-order valence-electron chi connectivity index (χ0n) is 11.2. The van der Waals surface area contributed by atoms with Crippen LogP contribution in [0.25, 0.3) is 0 Å². The molecule has 0 aliphatic rings. The summed E-state index contributed by atoms with van der Waals surface area (Å²) >= 11 is 0.